The van der Waals surface area contributed by atoms with Crippen molar-refractivity contribution in [2.45, 2.75) is 6.54 Å². The summed E-state index contributed by atoms with van der Waals surface area (Å²) in [5, 5.41) is 2.35. The highest BCUT2D eigenvalue weighted by Crippen LogP contribution is 2.28. The van der Waals surface area contributed by atoms with Gasteiger partial charge in [-0.25, -0.2) is 0 Å². The number of thiophene rings is 1. The average molecular weight is 244 g/mol. The van der Waals surface area contributed by atoms with Crippen molar-refractivity contribution < 1.29 is 4.79 Å². The van der Waals surface area contributed by atoms with Crippen LogP contribution in [0.2, 0.25) is 5.02 Å². The molecule has 0 atom stereocenters. The molecule has 0 aromatic carbocycles. The zero-order chi connectivity index (χ0) is 10.8. The smallest absolute Gasteiger partial charge is 0.260 e. The van der Waals surface area contributed by atoms with Crippen LogP contribution < -0.4 is 5.73 Å². The van der Waals surface area contributed by atoms with E-state index in [9.17, 15) is 4.79 Å². The van der Waals surface area contributed by atoms with Crippen molar-refractivity contribution in [1.82, 2.24) is 4.90 Å². The molecule has 0 spiro atoms. The average Bonchev–Trinajstić information content (AvgIpc) is 2.78. The van der Waals surface area contributed by atoms with Crippen molar-refractivity contribution >= 4 is 35.2 Å². The van der Waals surface area contributed by atoms with E-state index in [0.717, 1.165) is 18.7 Å². The van der Waals surface area contributed by atoms with E-state index in [1.165, 1.54) is 11.3 Å². The quantitative estimate of drug-likeness (QED) is 0.871. The summed E-state index contributed by atoms with van der Waals surface area (Å²) in [6.45, 7) is 2.41. The van der Waals surface area contributed by atoms with Crippen LogP contribution in [0.3, 0.4) is 0 Å². The second kappa shape index (κ2) is 4.20. The molecule has 6 heteroatoms. The predicted octanol–water partition coefficient (Wildman–Crippen LogP) is 1.34. The summed E-state index contributed by atoms with van der Waals surface area (Å²) < 4.78 is 0. The fourth-order valence-corrected chi connectivity index (χ4v) is 2.62. The lowest BCUT2D eigenvalue weighted by atomic mass is 10.3. The molecule has 2 N–H and O–H groups in total. The predicted molar refractivity (Wildman–Crippen MR) is 61.6 cm³/mol. The monoisotopic (exact) mass is 243 g/mol. The van der Waals surface area contributed by atoms with Gasteiger partial charge in [-0.3, -0.25) is 9.79 Å². The highest BCUT2D eigenvalue weighted by molar-refractivity contribution is 7.13. The zero-order valence-electron chi connectivity index (χ0n) is 7.94. The molecule has 0 unspecified atom stereocenters. The number of aliphatic imine (C=N–C) groups is 1. The second-order valence-electron chi connectivity index (χ2n) is 3.26. The Morgan fingerprint density at radius 2 is 2.53 bits per heavy atom. The van der Waals surface area contributed by atoms with Crippen LogP contribution in [0.25, 0.3) is 0 Å². The summed E-state index contributed by atoms with van der Waals surface area (Å²) in [5.74, 6) is -0.466. The lowest BCUT2D eigenvalue weighted by molar-refractivity contribution is 0.100. The Hall–Kier alpha value is -1.07. The molecule has 15 heavy (non-hydrogen) atoms. The number of primary amides is 1. The van der Waals surface area contributed by atoms with Crippen molar-refractivity contribution in [1.29, 1.82) is 0 Å². The molecule has 1 aliphatic rings. The molecule has 0 bridgehead atoms. The molecule has 0 aliphatic carbocycles. The first kappa shape index (κ1) is 10.4. The number of hydrogen-bond donors (Lipinski definition) is 1. The van der Waals surface area contributed by atoms with Crippen LogP contribution in [0.15, 0.2) is 10.4 Å². The van der Waals surface area contributed by atoms with E-state index in [-0.39, 0.29) is 0 Å². The Morgan fingerprint density at radius 3 is 3.07 bits per heavy atom. The molecule has 1 aromatic heterocycles. The largest absolute Gasteiger partial charge is 0.365 e. The maximum Gasteiger partial charge on any atom is 0.260 e. The van der Waals surface area contributed by atoms with Gasteiger partial charge >= 0.3 is 0 Å². The van der Waals surface area contributed by atoms with E-state index in [2.05, 4.69) is 9.89 Å². The van der Waals surface area contributed by atoms with Gasteiger partial charge in [-0.1, -0.05) is 11.6 Å². The standard InChI is InChI=1S/C9H10ClN3OS/c10-7-6(3-13-2-1-12-5-13)4-15-8(7)9(11)14/h4-5H,1-3H2,(H2,11,14). The third kappa shape index (κ3) is 2.13. The molecule has 4 nitrogen and oxygen atoms in total. The van der Waals surface area contributed by atoms with E-state index in [1.54, 1.807) is 6.34 Å². The van der Waals surface area contributed by atoms with Gasteiger partial charge in [0.25, 0.3) is 5.91 Å². The number of hydrogen-bond acceptors (Lipinski definition) is 4. The summed E-state index contributed by atoms with van der Waals surface area (Å²) >= 11 is 7.33. The Kier molecular flexibility index (Phi) is 2.93. The molecule has 0 radical (unpaired) electrons. The second-order valence-corrected chi connectivity index (χ2v) is 4.52. The van der Waals surface area contributed by atoms with E-state index in [4.69, 9.17) is 17.3 Å². The van der Waals surface area contributed by atoms with Gasteiger partial charge in [0.15, 0.2) is 0 Å². The van der Waals surface area contributed by atoms with Crippen LogP contribution in [0.1, 0.15) is 15.2 Å². The highest BCUT2D eigenvalue weighted by atomic mass is 35.5. The van der Waals surface area contributed by atoms with Crippen molar-refractivity contribution in [2.75, 3.05) is 13.1 Å². The number of rotatable bonds is 3. The summed E-state index contributed by atoms with van der Waals surface area (Å²) in [7, 11) is 0. The normalized spacial score (nSPS) is 14.9. The number of nitrogens with two attached hydrogens (primary N) is 1. The van der Waals surface area contributed by atoms with E-state index >= 15 is 0 Å². The third-order valence-corrected chi connectivity index (χ3v) is 3.75. The minimum Gasteiger partial charge on any atom is -0.365 e. The minimum atomic E-state index is -0.466. The molecule has 1 aromatic rings. The van der Waals surface area contributed by atoms with Gasteiger partial charge in [-0.15, -0.1) is 11.3 Å². The van der Waals surface area contributed by atoms with Crippen LogP contribution in [0, 0.1) is 0 Å². The topological polar surface area (TPSA) is 58.7 Å². The molecule has 1 aliphatic heterocycles. The van der Waals surface area contributed by atoms with Gasteiger partial charge in [0.1, 0.15) is 4.88 Å². The molecule has 1 amide bonds. The van der Waals surface area contributed by atoms with Crippen molar-refractivity contribution in [3.63, 3.8) is 0 Å². The lowest BCUT2D eigenvalue weighted by Crippen LogP contribution is -2.18. The van der Waals surface area contributed by atoms with Crippen LogP contribution >= 0.6 is 22.9 Å². The van der Waals surface area contributed by atoms with E-state index < -0.39 is 5.91 Å². The van der Waals surface area contributed by atoms with Gasteiger partial charge in [-0.05, 0) is 5.38 Å². The van der Waals surface area contributed by atoms with E-state index in [0.29, 0.717) is 16.4 Å². The minimum absolute atomic E-state index is 0.433. The number of amides is 1. The first-order valence-electron chi connectivity index (χ1n) is 4.48. The molecule has 0 saturated carbocycles. The summed E-state index contributed by atoms with van der Waals surface area (Å²) in [5.41, 5.74) is 6.12. The molecule has 2 heterocycles. The molecular formula is C9H10ClN3OS. The molecule has 2 rings (SSSR count). The van der Waals surface area contributed by atoms with Crippen molar-refractivity contribution in [3.05, 3.63) is 20.8 Å². The summed E-state index contributed by atoms with van der Waals surface area (Å²) in [4.78, 5) is 17.6. The SMILES string of the molecule is NC(=O)c1scc(CN2C=NCC2)c1Cl. The summed E-state index contributed by atoms with van der Waals surface area (Å²) in [6.07, 6.45) is 1.80. The Balaban J connectivity index is 2.15. The van der Waals surface area contributed by atoms with Gasteiger partial charge in [0.05, 0.1) is 17.9 Å². The van der Waals surface area contributed by atoms with Gasteiger partial charge in [0.2, 0.25) is 0 Å². The fourth-order valence-electron chi connectivity index (χ4n) is 1.41. The number of carbonyl (C=O) groups excluding carboxylic acids is 1. The Bertz CT molecular complexity index is 415. The third-order valence-electron chi connectivity index (χ3n) is 2.16. The first-order valence-corrected chi connectivity index (χ1v) is 5.74. The first-order chi connectivity index (χ1) is 7.18. The fraction of sp³-hybridized carbons (Fsp3) is 0.333. The Morgan fingerprint density at radius 1 is 1.73 bits per heavy atom. The molecule has 0 fully saturated rings. The maximum atomic E-state index is 11.0. The van der Waals surface area contributed by atoms with Crippen molar-refractivity contribution in [2.24, 2.45) is 10.7 Å². The van der Waals surface area contributed by atoms with Gasteiger partial charge < -0.3 is 10.6 Å². The number of nitrogens with zero attached hydrogens (tertiary/aromatic N) is 2. The van der Waals surface area contributed by atoms with Gasteiger partial charge in [-0.2, -0.15) is 0 Å². The van der Waals surface area contributed by atoms with Crippen molar-refractivity contribution in [3.8, 4) is 0 Å². The van der Waals surface area contributed by atoms with Gasteiger partial charge in [0, 0.05) is 18.7 Å². The van der Waals surface area contributed by atoms with Crippen LogP contribution in [-0.4, -0.2) is 30.2 Å². The zero-order valence-corrected chi connectivity index (χ0v) is 9.51. The molecule has 0 saturated heterocycles. The number of carbonyl (C=O) groups is 1. The maximum absolute atomic E-state index is 11.0. The van der Waals surface area contributed by atoms with E-state index in [1.807, 2.05) is 5.38 Å². The van der Waals surface area contributed by atoms with Crippen LogP contribution in [-0.2, 0) is 6.54 Å². The van der Waals surface area contributed by atoms with Crippen LogP contribution in [0.4, 0.5) is 0 Å². The molecular weight excluding hydrogens is 234 g/mol. The summed E-state index contributed by atoms with van der Waals surface area (Å²) in [6, 6.07) is 0. The molecule has 80 valence electrons. The Labute approximate surface area is 96.4 Å². The van der Waals surface area contributed by atoms with Crippen LogP contribution in [0.5, 0.6) is 0 Å². The lowest BCUT2D eigenvalue weighted by Gasteiger charge is -2.12. The highest BCUT2D eigenvalue weighted by Gasteiger charge is 2.16. The number of halogens is 1.